The number of fused-ring (bicyclic) bond motifs is 1. The first-order valence-electron chi connectivity index (χ1n) is 7.78. The second-order valence-corrected chi connectivity index (χ2v) is 7.50. The van der Waals surface area contributed by atoms with Gasteiger partial charge in [-0.15, -0.1) is 0 Å². The third-order valence-electron chi connectivity index (χ3n) is 4.23. The summed E-state index contributed by atoms with van der Waals surface area (Å²) in [5.41, 5.74) is 2.41. The molecule has 0 aliphatic heterocycles. The standard InChI is InChI=1S/C17H21NO4S/c1-21-17(16-7-4-10-22-16)12-18-23(19,20)15-9-8-13-5-2-3-6-14(13)11-15/h4,7-11,17-18H,2-3,5-6,12H2,1H3. The molecule has 0 bridgehead atoms. The number of ether oxygens (including phenoxy) is 1. The summed E-state index contributed by atoms with van der Waals surface area (Å²) in [5.74, 6) is 0.598. The number of hydrogen-bond donors (Lipinski definition) is 1. The number of benzene rings is 1. The zero-order valence-electron chi connectivity index (χ0n) is 13.1. The predicted molar refractivity (Wildman–Crippen MR) is 86.7 cm³/mol. The molecular weight excluding hydrogens is 314 g/mol. The fourth-order valence-corrected chi connectivity index (χ4v) is 4.00. The summed E-state index contributed by atoms with van der Waals surface area (Å²) in [4.78, 5) is 0.312. The van der Waals surface area contributed by atoms with Crippen LogP contribution < -0.4 is 4.72 Å². The molecular formula is C17H21NO4S. The number of rotatable bonds is 6. The van der Waals surface area contributed by atoms with Gasteiger partial charge in [0.05, 0.1) is 11.2 Å². The highest BCUT2D eigenvalue weighted by Crippen LogP contribution is 2.24. The van der Waals surface area contributed by atoms with E-state index in [4.69, 9.17) is 9.15 Å². The molecule has 1 aromatic carbocycles. The van der Waals surface area contributed by atoms with Crippen molar-refractivity contribution in [3.63, 3.8) is 0 Å². The Labute approximate surface area is 136 Å². The lowest BCUT2D eigenvalue weighted by Gasteiger charge is -2.18. The molecule has 6 heteroatoms. The quantitative estimate of drug-likeness (QED) is 0.881. The van der Waals surface area contributed by atoms with Gasteiger partial charge >= 0.3 is 0 Å². The third kappa shape index (κ3) is 3.65. The Balaban J connectivity index is 1.74. The van der Waals surface area contributed by atoms with Crippen molar-refractivity contribution in [3.05, 3.63) is 53.5 Å². The van der Waals surface area contributed by atoms with Crippen LogP contribution in [0.1, 0.15) is 35.8 Å². The van der Waals surface area contributed by atoms with Crippen LogP contribution in [0.4, 0.5) is 0 Å². The Morgan fingerprint density at radius 2 is 2.00 bits per heavy atom. The second kappa shape index (κ2) is 6.86. The van der Waals surface area contributed by atoms with Crippen LogP contribution in [0, 0.1) is 0 Å². The van der Waals surface area contributed by atoms with E-state index in [-0.39, 0.29) is 6.54 Å². The molecule has 1 heterocycles. The molecule has 2 aromatic rings. The third-order valence-corrected chi connectivity index (χ3v) is 5.66. The van der Waals surface area contributed by atoms with Crippen LogP contribution in [0.25, 0.3) is 0 Å². The molecule has 0 saturated heterocycles. The van der Waals surface area contributed by atoms with Crippen LogP contribution in [0.2, 0.25) is 0 Å². The van der Waals surface area contributed by atoms with E-state index in [0.717, 1.165) is 24.8 Å². The average Bonchev–Trinajstić information content (AvgIpc) is 3.09. The molecule has 1 aliphatic carbocycles. The van der Waals surface area contributed by atoms with Gasteiger partial charge in [-0.2, -0.15) is 0 Å². The number of nitrogens with one attached hydrogen (secondary N) is 1. The van der Waals surface area contributed by atoms with Gasteiger partial charge in [0, 0.05) is 13.7 Å². The molecule has 1 aliphatic rings. The van der Waals surface area contributed by atoms with Crippen molar-refractivity contribution in [3.8, 4) is 0 Å². The fourth-order valence-electron chi connectivity index (χ4n) is 2.92. The topological polar surface area (TPSA) is 68.5 Å². The van der Waals surface area contributed by atoms with Gasteiger partial charge in [0.2, 0.25) is 10.0 Å². The zero-order valence-corrected chi connectivity index (χ0v) is 13.9. The van der Waals surface area contributed by atoms with Crippen molar-refractivity contribution in [2.24, 2.45) is 0 Å². The van der Waals surface area contributed by atoms with E-state index in [1.165, 1.54) is 19.1 Å². The molecule has 5 nitrogen and oxygen atoms in total. The SMILES string of the molecule is COC(CNS(=O)(=O)c1ccc2c(c1)CCCC2)c1ccco1. The van der Waals surface area contributed by atoms with Crippen molar-refractivity contribution in [2.45, 2.75) is 36.7 Å². The Morgan fingerprint density at radius 1 is 1.22 bits per heavy atom. The smallest absolute Gasteiger partial charge is 0.240 e. The Bertz CT molecular complexity index is 753. The first-order chi connectivity index (χ1) is 11.1. The van der Waals surface area contributed by atoms with E-state index in [1.807, 2.05) is 6.07 Å². The first-order valence-corrected chi connectivity index (χ1v) is 9.26. The lowest BCUT2D eigenvalue weighted by atomic mass is 9.92. The second-order valence-electron chi connectivity index (χ2n) is 5.73. The number of aryl methyl sites for hydroxylation is 2. The van der Waals surface area contributed by atoms with Crippen LogP contribution in [0.3, 0.4) is 0 Å². The van der Waals surface area contributed by atoms with Crippen molar-refractivity contribution in [1.29, 1.82) is 0 Å². The largest absolute Gasteiger partial charge is 0.467 e. The average molecular weight is 335 g/mol. The lowest BCUT2D eigenvalue weighted by molar-refractivity contribution is 0.0878. The number of methoxy groups -OCH3 is 1. The molecule has 23 heavy (non-hydrogen) atoms. The van der Waals surface area contributed by atoms with Crippen molar-refractivity contribution in [1.82, 2.24) is 4.72 Å². The van der Waals surface area contributed by atoms with Crippen LogP contribution in [0.15, 0.2) is 45.9 Å². The van der Waals surface area contributed by atoms with Gasteiger partial charge in [-0.05, 0) is 61.1 Å². The lowest BCUT2D eigenvalue weighted by Crippen LogP contribution is -2.29. The maximum absolute atomic E-state index is 12.5. The Morgan fingerprint density at radius 3 is 2.70 bits per heavy atom. The molecule has 0 spiro atoms. The van der Waals surface area contributed by atoms with Gasteiger partial charge in [-0.25, -0.2) is 13.1 Å². The van der Waals surface area contributed by atoms with E-state index in [1.54, 1.807) is 30.5 Å². The summed E-state index contributed by atoms with van der Waals surface area (Å²) in [6, 6.07) is 8.93. The van der Waals surface area contributed by atoms with E-state index < -0.39 is 16.1 Å². The van der Waals surface area contributed by atoms with Gasteiger partial charge in [-0.1, -0.05) is 6.07 Å². The Kier molecular flexibility index (Phi) is 4.84. The van der Waals surface area contributed by atoms with E-state index in [0.29, 0.717) is 10.7 Å². The van der Waals surface area contributed by atoms with Gasteiger partial charge in [0.25, 0.3) is 0 Å². The van der Waals surface area contributed by atoms with Crippen LogP contribution in [-0.2, 0) is 27.6 Å². The van der Waals surface area contributed by atoms with Gasteiger partial charge in [-0.3, -0.25) is 0 Å². The molecule has 1 unspecified atom stereocenters. The molecule has 0 fully saturated rings. The molecule has 0 amide bonds. The monoisotopic (exact) mass is 335 g/mol. The van der Waals surface area contributed by atoms with Crippen molar-refractivity contribution < 1.29 is 17.6 Å². The van der Waals surface area contributed by atoms with Crippen LogP contribution in [0.5, 0.6) is 0 Å². The summed E-state index contributed by atoms with van der Waals surface area (Å²) in [6.07, 6.45) is 5.38. The highest BCUT2D eigenvalue weighted by molar-refractivity contribution is 7.89. The van der Waals surface area contributed by atoms with Crippen molar-refractivity contribution >= 4 is 10.0 Å². The van der Waals surface area contributed by atoms with Gasteiger partial charge in [0.15, 0.2) is 0 Å². The van der Waals surface area contributed by atoms with Crippen molar-refractivity contribution in [2.75, 3.05) is 13.7 Å². The fraction of sp³-hybridized carbons (Fsp3) is 0.412. The highest BCUT2D eigenvalue weighted by atomic mass is 32.2. The van der Waals surface area contributed by atoms with Gasteiger partial charge < -0.3 is 9.15 Å². The first kappa shape index (κ1) is 16.2. The molecule has 1 atom stereocenters. The Hall–Kier alpha value is -1.63. The summed E-state index contributed by atoms with van der Waals surface area (Å²) in [5, 5.41) is 0. The minimum atomic E-state index is -3.56. The van der Waals surface area contributed by atoms with Gasteiger partial charge in [0.1, 0.15) is 11.9 Å². The summed E-state index contributed by atoms with van der Waals surface area (Å²) < 4.78 is 38.2. The zero-order chi connectivity index (χ0) is 16.3. The van der Waals surface area contributed by atoms with Crippen LogP contribution in [-0.4, -0.2) is 22.1 Å². The van der Waals surface area contributed by atoms with E-state index in [9.17, 15) is 8.42 Å². The number of hydrogen-bond acceptors (Lipinski definition) is 4. The maximum atomic E-state index is 12.5. The summed E-state index contributed by atoms with van der Waals surface area (Å²) >= 11 is 0. The molecule has 3 rings (SSSR count). The minimum Gasteiger partial charge on any atom is -0.467 e. The summed E-state index contributed by atoms with van der Waals surface area (Å²) in [7, 11) is -2.03. The highest BCUT2D eigenvalue weighted by Gasteiger charge is 2.21. The molecule has 0 radical (unpaired) electrons. The minimum absolute atomic E-state index is 0.128. The normalized spacial score (nSPS) is 16.0. The number of furan rings is 1. The van der Waals surface area contributed by atoms with E-state index in [2.05, 4.69) is 4.72 Å². The molecule has 1 aromatic heterocycles. The maximum Gasteiger partial charge on any atom is 0.240 e. The van der Waals surface area contributed by atoms with Crippen LogP contribution >= 0.6 is 0 Å². The molecule has 124 valence electrons. The predicted octanol–water partition coefficient (Wildman–Crippen LogP) is 2.82. The summed E-state index contributed by atoms with van der Waals surface area (Å²) in [6.45, 7) is 0.128. The molecule has 0 saturated carbocycles. The number of sulfonamides is 1. The molecule has 1 N–H and O–H groups in total. The van der Waals surface area contributed by atoms with E-state index >= 15 is 0 Å².